The van der Waals surface area contributed by atoms with E-state index in [9.17, 15) is 0 Å². The van der Waals surface area contributed by atoms with Crippen LogP contribution in [0.3, 0.4) is 0 Å². The molecule has 1 saturated heterocycles. The van der Waals surface area contributed by atoms with Crippen molar-refractivity contribution < 1.29 is 0 Å². The van der Waals surface area contributed by atoms with E-state index in [1.54, 1.807) is 0 Å². The number of rotatable bonds is 3. The number of hydrogen-bond acceptors (Lipinski definition) is 5. The molecule has 1 fully saturated rings. The summed E-state index contributed by atoms with van der Waals surface area (Å²) in [6, 6.07) is 2.04. The fourth-order valence-corrected chi connectivity index (χ4v) is 2.97. The highest BCUT2D eigenvalue weighted by Gasteiger charge is 2.18. The first-order chi connectivity index (χ1) is 8.22. The molecule has 0 aromatic carbocycles. The van der Waals surface area contributed by atoms with Gasteiger partial charge in [0, 0.05) is 43.6 Å². The maximum Gasteiger partial charge on any atom is 0.134 e. The van der Waals surface area contributed by atoms with Crippen LogP contribution in [-0.4, -0.2) is 41.1 Å². The van der Waals surface area contributed by atoms with Crippen LogP contribution in [0.4, 0.5) is 11.6 Å². The fraction of sp³-hybridized carbons (Fsp3) is 0.667. The largest absolute Gasteiger partial charge is 0.373 e. The summed E-state index contributed by atoms with van der Waals surface area (Å²) in [7, 11) is 1.90. The molecule has 1 atom stereocenters. The van der Waals surface area contributed by atoms with Crippen molar-refractivity contribution in [3.63, 3.8) is 0 Å². The first-order valence-corrected chi connectivity index (χ1v) is 7.20. The van der Waals surface area contributed by atoms with Gasteiger partial charge in [0.2, 0.25) is 0 Å². The van der Waals surface area contributed by atoms with Gasteiger partial charge in [-0.15, -0.1) is 0 Å². The predicted octanol–water partition coefficient (Wildman–Crippen LogP) is 2.02. The summed E-state index contributed by atoms with van der Waals surface area (Å²) in [5.41, 5.74) is 0. The first kappa shape index (κ1) is 12.5. The molecule has 94 valence electrons. The normalized spacial score (nSPS) is 20.4. The van der Waals surface area contributed by atoms with Crippen LogP contribution in [0.1, 0.15) is 19.7 Å². The van der Waals surface area contributed by atoms with E-state index in [4.69, 9.17) is 0 Å². The van der Waals surface area contributed by atoms with Crippen molar-refractivity contribution in [2.45, 2.75) is 25.5 Å². The number of aromatic nitrogens is 2. The number of anilines is 2. The Balaban J connectivity index is 2.23. The third-order valence-electron chi connectivity index (χ3n) is 2.90. The van der Waals surface area contributed by atoms with Crippen molar-refractivity contribution in [2.24, 2.45) is 0 Å². The number of thioether (sulfide) groups is 1. The molecule has 1 aromatic rings. The summed E-state index contributed by atoms with van der Waals surface area (Å²) in [4.78, 5) is 11.4. The lowest BCUT2D eigenvalue weighted by Gasteiger charge is -2.31. The number of hydrogen-bond donors (Lipinski definition) is 1. The molecule has 0 aliphatic carbocycles. The maximum absolute atomic E-state index is 4.62. The quantitative estimate of drug-likeness (QED) is 0.891. The Labute approximate surface area is 107 Å². The van der Waals surface area contributed by atoms with Gasteiger partial charge in [-0.25, -0.2) is 9.97 Å². The number of nitrogens with zero attached hydrogens (tertiary/aromatic N) is 3. The summed E-state index contributed by atoms with van der Waals surface area (Å²) in [6.07, 6.45) is 0.876. The summed E-state index contributed by atoms with van der Waals surface area (Å²) in [6.45, 7) is 6.53. The van der Waals surface area contributed by atoms with Crippen LogP contribution in [0.15, 0.2) is 6.07 Å². The van der Waals surface area contributed by atoms with E-state index < -0.39 is 0 Å². The van der Waals surface area contributed by atoms with Crippen molar-refractivity contribution in [1.82, 2.24) is 9.97 Å². The molecule has 2 heterocycles. The van der Waals surface area contributed by atoms with E-state index in [2.05, 4.69) is 34.0 Å². The van der Waals surface area contributed by atoms with Crippen molar-refractivity contribution in [1.29, 1.82) is 0 Å². The van der Waals surface area contributed by atoms with Gasteiger partial charge in [0.05, 0.1) is 0 Å². The van der Waals surface area contributed by atoms with E-state index in [-0.39, 0.29) is 0 Å². The molecule has 0 bridgehead atoms. The molecule has 2 rings (SSSR count). The fourth-order valence-electron chi connectivity index (χ4n) is 1.96. The zero-order valence-electron chi connectivity index (χ0n) is 10.7. The molecule has 0 radical (unpaired) electrons. The van der Waals surface area contributed by atoms with Gasteiger partial charge in [-0.2, -0.15) is 11.8 Å². The van der Waals surface area contributed by atoms with Gasteiger partial charge in [-0.3, -0.25) is 0 Å². The van der Waals surface area contributed by atoms with Gasteiger partial charge in [-0.1, -0.05) is 13.8 Å². The molecule has 1 aliphatic rings. The zero-order chi connectivity index (χ0) is 12.3. The van der Waals surface area contributed by atoms with Crippen LogP contribution < -0.4 is 10.2 Å². The van der Waals surface area contributed by atoms with Crippen LogP contribution in [0.25, 0.3) is 0 Å². The van der Waals surface area contributed by atoms with E-state index >= 15 is 0 Å². The van der Waals surface area contributed by atoms with Crippen molar-refractivity contribution >= 4 is 23.4 Å². The lowest BCUT2D eigenvalue weighted by Crippen LogP contribution is -2.37. The molecule has 0 amide bonds. The summed E-state index contributed by atoms with van der Waals surface area (Å²) in [5, 5.41) is 3.79. The predicted molar refractivity (Wildman–Crippen MR) is 75.1 cm³/mol. The van der Waals surface area contributed by atoms with Gasteiger partial charge in [0.15, 0.2) is 0 Å². The molecule has 0 saturated carbocycles. The molecule has 17 heavy (non-hydrogen) atoms. The molecular formula is C12H20N4S. The summed E-state index contributed by atoms with van der Waals surface area (Å²) < 4.78 is 0. The molecular weight excluding hydrogens is 232 g/mol. The second-order valence-corrected chi connectivity index (χ2v) is 5.80. The Bertz CT molecular complexity index is 361. The van der Waals surface area contributed by atoms with Crippen molar-refractivity contribution in [3.05, 3.63) is 11.9 Å². The third-order valence-corrected chi connectivity index (χ3v) is 4.03. The van der Waals surface area contributed by atoms with E-state index in [1.165, 1.54) is 5.75 Å². The van der Waals surface area contributed by atoms with Gasteiger partial charge < -0.3 is 10.2 Å². The van der Waals surface area contributed by atoms with Crippen LogP contribution in [0, 0.1) is 0 Å². The number of nitrogens with one attached hydrogen (secondary N) is 1. The minimum absolute atomic E-state index is 0.682. The Morgan fingerprint density at radius 2 is 2.35 bits per heavy atom. The van der Waals surface area contributed by atoms with Crippen molar-refractivity contribution in [3.8, 4) is 0 Å². The SMILES string of the molecule is CCc1nc(NC)cc(N2CCSC(C)C2)n1. The minimum atomic E-state index is 0.682. The van der Waals surface area contributed by atoms with Crippen LogP contribution in [-0.2, 0) is 6.42 Å². The maximum atomic E-state index is 4.62. The lowest BCUT2D eigenvalue weighted by atomic mass is 10.3. The highest BCUT2D eigenvalue weighted by Crippen LogP contribution is 2.23. The van der Waals surface area contributed by atoms with Crippen LogP contribution in [0.2, 0.25) is 0 Å². The first-order valence-electron chi connectivity index (χ1n) is 6.15. The highest BCUT2D eigenvalue weighted by molar-refractivity contribution is 8.00. The smallest absolute Gasteiger partial charge is 0.134 e. The Morgan fingerprint density at radius 1 is 1.53 bits per heavy atom. The topological polar surface area (TPSA) is 41.1 Å². The molecule has 1 aliphatic heterocycles. The Hall–Kier alpha value is -0.970. The average molecular weight is 252 g/mol. The second-order valence-electron chi connectivity index (χ2n) is 4.26. The minimum Gasteiger partial charge on any atom is -0.373 e. The van der Waals surface area contributed by atoms with E-state index in [0.717, 1.165) is 37.0 Å². The second kappa shape index (κ2) is 5.58. The van der Waals surface area contributed by atoms with Gasteiger partial charge >= 0.3 is 0 Å². The monoisotopic (exact) mass is 252 g/mol. The van der Waals surface area contributed by atoms with Crippen molar-refractivity contribution in [2.75, 3.05) is 36.1 Å². The molecule has 4 nitrogen and oxygen atoms in total. The van der Waals surface area contributed by atoms with Gasteiger partial charge in [-0.05, 0) is 0 Å². The van der Waals surface area contributed by atoms with E-state index in [0.29, 0.717) is 5.25 Å². The summed E-state index contributed by atoms with van der Waals surface area (Å²) >= 11 is 2.04. The standard InChI is InChI=1S/C12H20N4S/c1-4-10-14-11(13-3)7-12(15-10)16-5-6-17-9(2)8-16/h7,9H,4-6,8H2,1-3H3,(H,13,14,15). The zero-order valence-corrected chi connectivity index (χ0v) is 11.5. The van der Waals surface area contributed by atoms with Crippen LogP contribution in [0.5, 0.6) is 0 Å². The lowest BCUT2D eigenvalue weighted by molar-refractivity contribution is 0.761. The van der Waals surface area contributed by atoms with Gasteiger partial charge in [0.25, 0.3) is 0 Å². The third kappa shape index (κ3) is 3.03. The molecule has 5 heteroatoms. The average Bonchev–Trinajstić information content (AvgIpc) is 2.38. The number of aryl methyl sites for hydroxylation is 1. The molecule has 1 unspecified atom stereocenters. The Kier molecular flexibility index (Phi) is 4.10. The molecule has 1 N–H and O–H groups in total. The summed E-state index contributed by atoms with van der Waals surface area (Å²) in [5.74, 6) is 4.07. The van der Waals surface area contributed by atoms with Gasteiger partial charge in [0.1, 0.15) is 17.5 Å². The molecule has 0 spiro atoms. The van der Waals surface area contributed by atoms with E-state index in [1.807, 2.05) is 24.9 Å². The highest BCUT2D eigenvalue weighted by atomic mass is 32.2. The molecule has 1 aromatic heterocycles. The Morgan fingerprint density at radius 3 is 3.00 bits per heavy atom. The van der Waals surface area contributed by atoms with Crippen LogP contribution >= 0.6 is 11.8 Å².